The summed E-state index contributed by atoms with van der Waals surface area (Å²) in [4.78, 5) is 23.8. The standard InChI is InChI=1S/C16H18N2O3/c1-3-12-6-8-13(9-7-12)18-15(19)11(2)17-16(20)14-5-4-10-21-14/h4-11H,3H2,1-2H3,(H,17,20)(H,18,19). The van der Waals surface area contributed by atoms with Gasteiger partial charge in [-0.2, -0.15) is 0 Å². The molecule has 2 N–H and O–H groups in total. The second kappa shape index (κ2) is 6.74. The van der Waals surface area contributed by atoms with E-state index in [4.69, 9.17) is 4.42 Å². The van der Waals surface area contributed by atoms with Gasteiger partial charge in [-0.25, -0.2) is 0 Å². The van der Waals surface area contributed by atoms with Gasteiger partial charge in [0.25, 0.3) is 5.91 Å². The molecule has 1 unspecified atom stereocenters. The lowest BCUT2D eigenvalue weighted by Crippen LogP contribution is -2.41. The number of rotatable bonds is 5. The van der Waals surface area contributed by atoms with E-state index in [1.54, 1.807) is 19.1 Å². The van der Waals surface area contributed by atoms with E-state index >= 15 is 0 Å². The molecule has 0 aliphatic carbocycles. The maximum atomic E-state index is 12.0. The minimum Gasteiger partial charge on any atom is -0.459 e. The van der Waals surface area contributed by atoms with Crippen molar-refractivity contribution in [2.24, 2.45) is 0 Å². The molecule has 0 spiro atoms. The van der Waals surface area contributed by atoms with E-state index in [0.29, 0.717) is 5.69 Å². The van der Waals surface area contributed by atoms with E-state index in [1.807, 2.05) is 24.3 Å². The minimum absolute atomic E-state index is 0.182. The Morgan fingerprint density at radius 2 is 1.90 bits per heavy atom. The van der Waals surface area contributed by atoms with Crippen LogP contribution in [0, 0.1) is 0 Å². The van der Waals surface area contributed by atoms with Crippen LogP contribution in [-0.4, -0.2) is 17.9 Å². The molecule has 1 atom stereocenters. The first-order chi connectivity index (χ1) is 10.1. The second-order valence-corrected chi connectivity index (χ2v) is 4.71. The van der Waals surface area contributed by atoms with Crippen molar-refractivity contribution < 1.29 is 14.0 Å². The van der Waals surface area contributed by atoms with E-state index in [2.05, 4.69) is 17.6 Å². The Hall–Kier alpha value is -2.56. The number of hydrogen-bond donors (Lipinski definition) is 2. The normalized spacial score (nSPS) is 11.7. The summed E-state index contributed by atoms with van der Waals surface area (Å²) in [5, 5.41) is 5.34. The summed E-state index contributed by atoms with van der Waals surface area (Å²) in [5.74, 6) is -0.509. The zero-order valence-electron chi connectivity index (χ0n) is 12.1. The number of aryl methyl sites for hydroxylation is 1. The molecule has 2 aromatic rings. The van der Waals surface area contributed by atoms with Gasteiger partial charge in [-0.05, 0) is 43.2 Å². The van der Waals surface area contributed by atoms with Crippen LogP contribution in [0.15, 0.2) is 47.1 Å². The molecule has 1 heterocycles. The number of carbonyl (C=O) groups is 2. The Morgan fingerprint density at radius 1 is 1.19 bits per heavy atom. The van der Waals surface area contributed by atoms with Crippen molar-refractivity contribution in [2.45, 2.75) is 26.3 Å². The molecular formula is C16H18N2O3. The Morgan fingerprint density at radius 3 is 2.48 bits per heavy atom. The maximum absolute atomic E-state index is 12.0. The molecule has 0 bridgehead atoms. The molecule has 0 aliphatic rings. The van der Waals surface area contributed by atoms with Crippen molar-refractivity contribution >= 4 is 17.5 Å². The molecule has 5 heteroatoms. The van der Waals surface area contributed by atoms with Crippen LogP contribution in [0.25, 0.3) is 0 Å². The predicted molar refractivity (Wildman–Crippen MR) is 80.1 cm³/mol. The highest BCUT2D eigenvalue weighted by atomic mass is 16.3. The van der Waals surface area contributed by atoms with Gasteiger partial charge in [0.2, 0.25) is 5.91 Å². The number of anilines is 1. The zero-order chi connectivity index (χ0) is 15.2. The van der Waals surface area contributed by atoms with Crippen LogP contribution < -0.4 is 10.6 Å². The highest BCUT2D eigenvalue weighted by molar-refractivity contribution is 5.99. The van der Waals surface area contributed by atoms with E-state index < -0.39 is 11.9 Å². The topological polar surface area (TPSA) is 71.3 Å². The Labute approximate surface area is 123 Å². The van der Waals surface area contributed by atoms with E-state index in [-0.39, 0.29) is 11.7 Å². The molecule has 0 saturated heterocycles. The lowest BCUT2D eigenvalue weighted by atomic mass is 10.1. The van der Waals surface area contributed by atoms with Crippen molar-refractivity contribution in [2.75, 3.05) is 5.32 Å². The summed E-state index contributed by atoms with van der Waals surface area (Å²) in [6.45, 7) is 3.69. The second-order valence-electron chi connectivity index (χ2n) is 4.71. The lowest BCUT2D eigenvalue weighted by molar-refractivity contribution is -0.117. The number of furan rings is 1. The first-order valence-corrected chi connectivity index (χ1v) is 6.84. The first-order valence-electron chi connectivity index (χ1n) is 6.84. The Bertz CT molecular complexity index is 603. The summed E-state index contributed by atoms with van der Waals surface area (Å²) < 4.78 is 4.98. The number of carbonyl (C=O) groups excluding carboxylic acids is 2. The van der Waals surface area contributed by atoms with Gasteiger partial charge in [0, 0.05) is 5.69 Å². The fourth-order valence-electron chi connectivity index (χ4n) is 1.82. The van der Waals surface area contributed by atoms with Gasteiger partial charge < -0.3 is 15.1 Å². The average Bonchev–Trinajstić information content (AvgIpc) is 3.02. The zero-order valence-corrected chi connectivity index (χ0v) is 12.1. The third-order valence-corrected chi connectivity index (χ3v) is 3.12. The summed E-state index contributed by atoms with van der Waals surface area (Å²) in [6.07, 6.45) is 2.36. The van der Waals surface area contributed by atoms with Crippen molar-refractivity contribution in [3.8, 4) is 0 Å². The van der Waals surface area contributed by atoms with Crippen LogP contribution in [0.4, 0.5) is 5.69 Å². The summed E-state index contributed by atoms with van der Waals surface area (Å²) >= 11 is 0. The Kier molecular flexibility index (Phi) is 4.77. The van der Waals surface area contributed by atoms with Crippen LogP contribution >= 0.6 is 0 Å². The summed E-state index contributed by atoms with van der Waals surface area (Å²) in [5.41, 5.74) is 1.91. The van der Waals surface area contributed by atoms with E-state index in [0.717, 1.165) is 6.42 Å². The van der Waals surface area contributed by atoms with Crippen LogP contribution in [0.3, 0.4) is 0 Å². The number of nitrogens with one attached hydrogen (secondary N) is 2. The number of benzene rings is 1. The maximum Gasteiger partial charge on any atom is 0.287 e. The van der Waals surface area contributed by atoms with Gasteiger partial charge in [0.05, 0.1) is 6.26 Å². The van der Waals surface area contributed by atoms with Gasteiger partial charge in [-0.1, -0.05) is 19.1 Å². The average molecular weight is 286 g/mol. The fraction of sp³-hybridized carbons (Fsp3) is 0.250. The van der Waals surface area contributed by atoms with Crippen molar-refractivity contribution in [1.82, 2.24) is 5.32 Å². The SMILES string of the molecule is CCc1ccc(NC(=O)C(C)NC(=O)c2ccco2)cc1. The highest BCUT2D eigenvalue weighted by Crippen LogP contribution is 2.10. The van der Waals surface area contributed by atoms with Crippen LogP contribution in [-0.2, 0) is 11.2 Å². The first kappa shape index (κ1) is 14.8. The molecule has 21 heavy (non-hydrogen) atoms. The molecule has 5 nitrogen and oxygen atoms in total. The third-order valence-electron chi connectivity index (χ3n) is 3.12. The molecule has 0 saturated carbocycles. The third kappa shape index (κ3) is 3.95. The molecule has 1 aromatic carbocycles. The van der Waals surface area contributed by atoms with E-state index in [1.165, 1.54) is 11.8 Å². The molecule has 110 valence electrons. The van der Waals surface area contributed by atoms with Gasteiger partial charge in [0.1, 0.15) is 6.04 Å². The lowest BCUT2D eigenvalue weighted by Gasteiger charge is -2.13. The summed E-state index contributed by atoms with van der Waals surface area (Å²) in [7, 11) is 0. The highest BCUT2D eigenvalue weighted by Gasteiger charge is 2.18. The minimum atomic E-state index is -0.659. The monoisotopic (exact) mass is 286 g/mol. The molecule has 0 radical (unpaired) electrons. The van der Waals surface area contributed by atoms with E-state index in [9.17, 15) is 9.59 Å². The van der Waals surface area contributed by atoms with Gasteiger partial charge in [0.15, 0.2) is 5.76 Å². The fourth-order valence-corrected chi connectivity index (χ4v) is 1.82. The van der Waals surface area contributed by atoms with Crippen LogP contribution in [0.1, 0.15) is 30.0 Å². The van der Waals surface area contributed by atoms with Crippen molar-refractivity contribution in [1.29, 1.82) is 0 Å². The smallest absolute Gasteiger partial charge is 0.287 e. The quantitative estimate of drug-likeness (QED) is 0.887. The molecule has 1 aromatic heterocycles. The number of hydrogen-bond acceptors (Lipinski definition) is 3. The summed E-state index contributed by atoms with van der Waals surface area (Å²) in [6, 6.07) is 10.1. The van der Waals surface area contributed by atoms with Crippen molar-refractivity contribution in [3.05, 3.63) is 54.0 Å². The van der Waals surface area contributed by atoms with Crippen LogP contribution in [0.2, 0.25) is 0 Å². The molecule has 0 fully saturated rings. The largest absolute Gasteiger partial charge is 0.459 e. The predicted octanol–water partition coefficient (Wildman–Crippen LogP) is 2.60. The van der Waals surface area contributed by atoms with Crippen molar-refractivity contribution in [3.63, 3.8) is 0 Å². The van der Waals surface area contributed by atoms with Gasteiger partial charge >= 0.3 is 0 Å². The van der Waals surface area contributed by atoms with Gasteiger partial charge in [-0.3, -0.25) is 9.59 Å². The molecule has 2 rings (SSSR count). The van der Waals surface area contributed by atoms with Gasteiger partial charge in [-0.15, -0.1) is 0 Å². The molecule has 2 amide bonds. The van der Waals surface area contributed by atoms with Crippen LogP contribution in [0.5, 0.6) is 0 Å². The number of amides is 2. The molecular weight excluding hydrogens is 268 g/mol. The molecule has 0 aliphatic heterocycles. The Balaban J connectivity index is 1.91.